The molecule has 19 heavy (non-hydrogen) atoms. The van der Waals surface area contributed by atoms with E-state index in [2.05, 4.69) is 11.9 Å². The molecule has 2 aromatic heterocycles. The summed E-state index contributed by atoms with van der Waals surface area (Å²) in [6.07, 6.45) is 5.68. The molecule has 1 fully saturated rings. The smallest absolute Gasteiger partial charge is 0.274 e. The molecule has 1 unspecified atom stereocenters. The maximum absolute atomic E-state index is 12.4. The molecule has 1 N–H and O–H groups in total. The van der Waals surface area contributed by atoms with Crippen molar-refractivity contribution in [1.29, 1.82) is 0 Å². The number of carbonyl (C=O) groups is 1. The quantitative estimate of drug-likeness (QED) is 0.851. The Hall–Kier alpha value is -2.04. The van der Waals surface area contributed by atoms with Crippen LogP contribution in [0.4, 0.5) is 0 Å². The second kappa shape index (κ2) is 4.57. The predicted octanol–water partition coefficient (Wildman–Crippen LogP) is 1.91. The Morgan fingerprint density at radius 3 is 3.11 bits per heavy atom. The number of hydrogen-bond acceptors (Lipinski definition) is 3. The molecule has 5 nitrogen and oxygen atoms in total. The van der Waals surface area contributed by atoms with E-state index in [1.54, 1.807) is 28.9 Å². The number of hydrogen-bond donors (Lipinski definition) is 1. The summed E-state index contributed by atoms with van der Waals surface area (Å²) in [5.74, 6) is 0.589. The van der Waals surface area contributed by atoms with Crippen LogP contribution in [-0.4, -0.2) is 38.4 Å². The molecule has 1 atom stereocenters. The van der Waals surface area contributed by atoms with Gasteiger partial charge in [-0.05, 0) is 30.9 Å². The lowest BCUT2D eigenvalue weighted by molar-refractivity contribution is 0.0678. The number of imidazole rings is 1. The minimum atomic E-state index is -0.0466. The molecular weight excluding hydrogens is 242 g/mol. The second-order valence-electron chi connectivity index (χ2n) is 5.25. The van der Waals surface area contributed by atoms with E-state index in [-0.39, 0.29) is 11.7 Å². The number of aromatic nitrogens is 2. The van der Waals surface area contributed by atoms with Gasteiger partial charge >= 0.3 is 0 Å². The van der Waals surface area contributed by atoms with Gasteiger partial charge in [0.15, 0.2) is 11.4 Å². The first-order valence-electron chi connectivity index (χ1n) is 6.61. The maximum Gasteiger partial charge on any atom is 0.274 e. The molecule has 1 aliphatic rings. The SMILES string of the molecule is CC1CCCN(C(=O)c2cn3cccc(O)c3n2)C1. The summed E-state index contributed by atoms with van der Waals surface area (Å²) in [7, 11) is 0. The Morgan fingerprint density at radius 2 is 2.37 bits per heavy atom. The van der Waals surface area contributed by atoms with E-state index >= 15 is 0 Å². The van der Waals surface area contributed by atoms with Gasteiger partial charge in [0.2, 0.25) is 0 Å². The number of pyridine rings is 1. The molecule has 0 bridgehead atoms. The molecule has 1 saturated heterocycles. The molecule has 1 amide bonds. The lowest BCUT2D eigenvalue weighted by atomic mass is 10.0. The zero-order valence-electron chi connectivity index (χ0n) is 10.9. The molecule has 3 heterocycles. The van der Waals surface area contributed by atoms with Gasteiger partial charge in [0.1, 0.15) is 5.69 Å². The molecule has 0 spiro atoms. The van der Waals surface area contributed by atoms with Crippen molar-refractivity contribution in [1.82, 2.24) is 14.3 Å². The highest BCUT2D eigenvalue weighted by Gasteiger charge is 2.24. The number of amides is 1. The van der Waals surface area contributed by atoms with Crippen molar-refractivity contribution in [3.05, 3.63) is 30.2 Å². The van der Waals surface area contributed by atoms with E-state index in [0.29, 0.717) is 17.3 Å². The zero-order valence-corrected chi connectivity index (χ0v) is 10.9. The van der Waals surface area contributed by atoms with Gasteiger partial charge in [-0.1, -0.05) is 6.92 Å². The van der Waals surface area contributed by atoms with E-state index in [0.717, 1.165) is 19.5 Å². The second-order valence-corrected chi connectivity index (χ2v) is 5.25. The summed E-state index contributed by atoms with van der Waals surface area (Å²) < 4.78 is 1.68. The Labute approximate surface area is 111 Å². The molecule has 0 radical (unpaired) electrons. The predicted molar refractivity (Wildman–Crippen MR) is 71.2 cm³/mol. The van der Waals surface area contributed by atoms with Gasteiger partial charge in [-0.25, -0.2) is 4.98 Å². The summed E-state index contributed by atoms with van der Waals surface area (Å²) in [6.45, 7) is 3.75. The van der Waals surface area contributed by atoms with E-state index in [9.17, 15) is 9.90 Å². The van der Waals surface area contributed by atoms with Crippen LogP contribution in [0.1, 0.15) is 30.3 Å². The van der Waals surface area contributed by atoms with E-state index in [4.69, 9.17) is 0 Å². The fourth-order valence-corrected chi connectivity index (χ4v) is 2.64. The number of rotatable bonds is 1. The number of carbonyl (C=O) groups excluding carboxylic acids is 1. The minimum absolute atomic E-state index is 0.0466. The van der Waals surface area contributed by atoms with Gasteiger partial charge in [-0.3, -0.25) is 4.79 Å². The van der Waals surface area contributed by atoms with Crippen LogP contribution in [0.25, 0.3) is 5.65 Å². The summed E-state index contributed by atoms with van der Waals surface area (Å²) in [5.41, 5.74) is 0.825. The first-order valence-corrected chi connectivity index (χ1v) is 6.61. The number of nitrogens with zero attached hydrogens (tertiary/aromatic N) is 3. The summed E-state index contributed by atoms with van der Waals surface area (Å²) in [5, 5.41) is 9.71. The Balaban J connectivity index is 1.91. The normalized spacial score (nSPS) is 19.8. The molecule has 3 rings (SSSR count). The van der Waals surface area contributed by atoms with Crippen molar-refractivity contribution in [3.63, 3.8) is 0 Å². The van der Waals surface area contributed by atoms with Gasteiger partial charge in [-0.15, -0.1) is 0 Å². The third kappa shape index (κ3) is 2.16. The molecule has 0 saturated carbocycles. The summed E-state index contributed by atoms with van der Waals surface area (Å²) in [4.78, 5) is 18.5. The van der Waals surface area contributed by atoms with Gasteiger partial charge in [0.25, 0.3) is 5.91 Å². The topological polar surface area (TPSA) is 57.8 Å². The average Bonchev–Trinajstić information content (AvgIpc) is 2.83. The van der Waals surface area contributed by atoms with Crippen LogP contribution in [0.5, 0.6) is 5.75 Å². The molecule has 1 aliphatic heterocycles. The van der Waals surface area contributed by atoms with E-state index < -0.39 is 0 Å². The monoisotopic (exact) mass is 259 g/mol. The fraction of sp³-hybridized carbons (Fsp3) is 0.429. The minimum Gasteiger partial charge on any atom is -0.504 e. The van der Waals surface area contributed by atoms with Crippen LogP contribution >= 0.6 is 0 Å². The van der Waals surface area contributed by atoms with Crippen molar-refractivity contribution in [2.45, 2.75) is 19.8 Å². The first-order chi connectivity index (χ1) is 9.15. The van der Waals surface area contributed by atoms with Crippen LogP contribution in [0.15, 0.2) is 24.5 Å². The highest BCUT2D eigenvalue weighted by molar-refractivity contribution is 5.93. The third-order valence-corrected chi connectivity index (χ3v) is 3.63. The molecule has 100 valence electrons. The lowest BCUT2D eigenvalue weighted by Gasteiger charge is -2.30. The summed E-state index contributed by atoms with van der Waals surface area (Å²) in [6, 6.07) is 3.29. The van der Waals surface area contributed by atoms with E-state index in [1.807, 2.05) is 4.90 Å². The van der Waals surface area contributed by atoms with Gasteiger partial charge in [-0.2, -0.15) is 0 Å². The highest BCUT2D eigenvalue weighted by Crippen LogP contribution is 2.20. The van der Waals surface area contributed by atoms with Crippen LogP contribution in [-0.2, 0) is 0 Å². The summed E-state index contributed by atoms with van der Waals surface area (Å²) >= 11 is 0. The van der Waals surface area contributed by atoms with Crippen molar-refractivity contribution in [3.8, 4) is 5.75 Å². The Morgan fingerprint density at radius 1 is 1.53 bits per heavy atom. The van der Waals surface area contributed by atoms with Gasteiger partial charge < -0.3 is 14.4 Å². The first kappa shape index (κ1) is 12.0. The van der Waals surface area contributed by atoms with Crippen molar-refractivity contribution in [2.75, 3.05) is 13.1 Å². The Bertz CT molecular complexity index is 620. The number of aromatic hydroxyl groups is 1. The van der Waals surface area contributed by atoms with Crippen molar-refractivity contribution >= 4 is 11.6 Å². The molecular formula is C14H17N3O2. The van der Waals surface area contributed by atoms with Crippen LogP contribution in [0.3, 0.4) is 0 Å². The maximum atomic E-state index is 12.4. The number of fused-ring (bicyclic) bond motifs is 1. The zero-order chi connectivity index (χ0) is 13.4. The van der Waals surface area contributed by atoms with Crippen molar-refractivity contribution < 1.29 is 9.90 Å². The standard InChI is InChI=1S/C14H17N3O2/c1-10-4-2-7-17(8-10)14(19)11-9-16-6-3-5-12(18)13(16)15-11/h3,5-6,9-10,18H,2,4,7-8H2,1H3. The van der Waals surface area contributed by atoms with Gasteiger partial charge in [0, 0.05) is 25.5 Å². The van der Waals surface area contributed by atoms with Crippen LogP contribution < -0.4 is 0 Å². The molecule has 5 heteroatoms. The number of piperidine rings is 1. The fourth-order valence-electron chi connectivity index (χ4n) is 2.64. The Kier molecular flexibility index (Phi) is 2.89. The molecule has 0 aromatic carbocycles. The van der Waals surface area contributed by atoms with Crippen molar-refractivity contribution in [2.24, 2.45) is 5.92 Å². The van der Waals surface area contributed by atoms with Crippen LogP contribution in [0.2, 0.25) is 0 Å². The lowest BCUT2D eigenvalue weighted by Crippen LogP contribution is -2.39. The largest absolute Gasteiger partial charge is 0.504 e. The van der Waals surface area contributed by atoms with E-state index in [1.165, 1.54) is 6.42 Å². The van der Waals surface area contributed by atoms with Crippen LogP contribution in [0, 0.1) is 5.92 Å². The highest BCUT2D eigenvalue weighted by atomic mass is 16.3. The number of likely N-dealkylation sites (tertiary alicyclic amines) is 1. The molecule has 0 aliphatic carbocycles. The average molecular weight is 259 g/mol. The van der Waals surface area contributed by atoms with Gasteiger partial charge in [0.05, 0.1) is 0 Å². The third-order valence-electron chi connectivity index (χ3n) is 3.63. The molecule has 2 aromatic rings.